The molecule has 0 spiro atoms. The van der Waals surface area contributed by atoms with E-state index in [2.05, 4.69) is 4.98 Å². The predicted molar refractivity (Wildman–Crippen MR) is 66.5 cm³/mol. The van der Waals surface area contributed by atoms with Crippen LogP contribution in [0.5, 0.6) is 0 Å². The van der Waals surface area contributed by atoms with Gasteiger partial charge >= 0.3 is 5.97 Å². The monoisotopic (exact) mass is 245 g/mol. The van der Waals surface area contributed by atoms with E-state index in [9.17, 15) is 4.79 Å². The van der Waals surface area contributed by atoms with Gasteiger partial charge in [0.1, 0.15) is 5.03 Å². The lowest BCUT2D eigenvalue weighted by Crippen LogP contribution is -1.94. The van der Waals surface area contributed by atoms with Crippen LogP contribution in [0.15, 0.2) is 52.5 Å². The van der Waals surface area contributed by atoms with Gasteiger partial charge in [-0.2, -0.15) is 0 Å². The number of nitrogens with zero attached hydrogens (tertiary/aromatic N) is 1. The zero-order valence-electron chi connectivity index (χ0n) is 9.25. The second-order valence-electron chi connectivity index (χ2n) is 3.61. The molecule has 0 radical (unpaired) electrons. The average Bonchev–Trinajstić information content (AvgIpc) is 2.33. The number of hydrogen-bond donors (Lipinski definition) is 1. The molecule has 1 aromatic carbocycles. The van der Waals surface area contributed by atoms with Crippen molar-refractivity contribution in [2.75, 3.05) is 0 Å². The molecule has 2 aromatic rings. The van der Waals surface area contributed by atoms with Crippen LogP contribution in [-0.4, -0.2) is 16.1 Å². The van der Waals surface area contributed by atoms with Crippen molar-refractivity contribution in [1.82, 2.24) is 4.98 Å². The maximum Gasteiger partial charge on any atom is 0.335 e. The fraction of sp³-hybridized carbons (Fsp3) is 0.0769. The molecule has 0 bridgehead atoms. The number of hydrogen-bond acceptors (Lipinski definition) is 3. The van der Waals surface area contributed by atoms with Gasteiger partial charge < -0.3 is 5.11 Å². The summed E-state index contributed by atoms with van der Waals surface area (Å²) in [4.78, 5) is 15.9. The Hall–Kier alpha value is -1.81. The summed E-state index contributed by atoms with van der Waals surface area (Å²) < 4.78 is 0. The van der Waals surface area contributed by atoms with Gasteiger partial charge in [-0.1, -0.05) is 17.8 Å². The number of pyridine rings is 1. The molecule has 1 aromatic heterocycles. The lowest BCUT2D eigenvalue weighted by molar-refractivity contribution is 0.0697. The van der Waals surface area contributed by atoms with Crippen molar-refractivity contribution < 1.29 is 9.90 Å². The van der Waals surface area contributed by atoms with Gasteiger partial charge in [-0.25, -0.2) is 9.78 Å². The number of carboxylic acid groups (broad SMARTS) is 1. The Morgan fingerprint density at radius 2 is 1.88 bits per heavy atom. The molecule has 0 unspecified atom stereocenters. The zero-order chi connectivity index (χ0) is 12.3. The van der Waals surface area contributed by atoms with Gasteiger partial charge in [-0.3, -0.25) is 0 Å². The first-order valence-electron chi connectivity index (χ1n) is 5.09. The molecule has 86 valence electrons. The number of rotatable bonds is 3. The van der Waals surface area contributed by atoms with E-state index in [0.29, 0.717) is 5.56 Å². The maximum atomic E-state index is 10.7. The molecular formula is C13H11NO2S. The SMILES string of the molecule is Cc1ccc(Sc2ccc(C(=O)O)cc2)nc1. The number of aromatic carboxylic acids is 1. The van der Waals surface area contributed by atoms with Crippen LogP contribution in [0.2, 0.25) is 0 Å². The van der Waals surface area contributed by atoms with Crippen molar-refractivity contribution in [3.05, 3.63) is 53.7 Å². The van der Waals surface area contributed by atoms with Crippen molar-refractivity contribution in [2.45, 2.75) is 16.8 Å². The Morgan fingerprint density at radius 1 is 1.18 bits per heavy atom. The van der Waals surface area contributed by atoms with Crippen LogP contribution in [0.1, 0.15) is 15.9 Å². The van der Waals surface area contributed by atoms with Gasteiger partial charge in [-0.15, -0.1) is 0 Å². The number of carboxylic acids is 1. The molecule has 17 heavy (non-hydrogen) atoms. The minimum absolute atomic E-state index is 0.297. The molecule has 0 atom stereocenters. The van der Waals surface area contributed by atoms with Gasteiger partial charge in [0.25, 0.3) is 0 Å². The van der Waals surface area contributed by atoms with E-state index < -0.39 is 5.97 Å². The lowest BCUT2D eigenvalue weighted by Gasteiger charge is -2.01. The topological polar surface area (TPSA) is 50.2 Å². The van der Waals surface area contributed by atoms with Gasteiger partial charge in [-0.05, 0) is 42.8 Å². The zero-order valence-corrected chi connectivity index (χ0v) is 10.1. The van der Waals surface area contributed by atoms with Crippen LogP contribution in [0.3, 0.4) is 0 Å². The smallest absolute Gasteiger partial charge is 0.335 e. The molecule has 0 aliphatic rings. The third kappa shape index (κ3) is 3.07. The lowest BCUT2D eigenvalue weighted by atomic mass is 10.2. The summed E-state index contributed by atoms with van der Waals surface area (Å²) in [6.07, 6.45) is 1.81. The Balaban J connectivity index is 2.13. The molecule has 4 heteroatoms. The molecule has 3 nitrogen and oxygen atoms in total. The fourth-order valence-corrected chi connectivity index (χ4v) is 2.06. The standard InChI is InChI=1S/C13H11NO2S/c1-9-2-7-12(14-8-9)17-11-5-3-10(4-6-11)13(15)16/h2-8H,1H3,(H,15,16). The van der Waals surface area contributed by atoms with E-state index in [4.69, 9.17) is 5.11 Å². The fourth-order valence-electron chi connectivity index (χ4n) is 1.30. The van der Waals surface area contributed by atoms with E-state index >= 15 is 0 Å². The van der Waals surface area contributed by atoms with Gasteiger partial charge in [0.15, 0.2) is 0 Å². The molecular weight excluding hydrogens is 234 g/mol. The number of carbonyl (C=O) groups is 1. The highest BCUT2D eigenvalue weighted by Crippen LogP contribution is 2.25. The first kappa shape index (κ1) is 11.7. The first-order chi connectivity index (χ1) is 8.15. The van der Waals surface area contributed by atoms with Crippen molar-refractivity contribution in [3.8, 4) is 0 Å². The molecule has 0 aliphatic heterocycles. The molecule has 0 saturated carbocycles. The number of benzene rings is 1. The van der Waals surface area contributed by atoms with Crippen molar-refractivity contribution >= 4 is 17.7 Å². The largest absolute Gasteiger partial charge is 0.478 e. The second-order valence-corrected chi connectivity index (χ2v) is 4.70. The summed E-state index contributed by atoms with van der Waals surface area (Å²) in [5.41, 5.74) is 1.42. The Labute approximate surface area is 104 Å². The van der Waals surface area contributed by atoms with E-state index in [1.165, 1.54) is 11.8 Å². The van der Waals surface area contributed by atoms with E-state index in [1.54, 1.807) is 24.3 Å². The van der Waals surface area contributed by atoms with Crippen molar-refractivity contribution in [3.63, 3.8) is 0 Å². The average molecular weight is 245 g/mol. The van der Waals surface area contributed by atoms with Gasteiger partial charge in [0, 0.05) is 11.1 Å². The summed E-state index contributed by atoms with van der Waals surface area (Å²) in [7, 11) is 0. The minimum atomic E-state index is -0.907. The van der Waals surface area contributed by atoms with E-state index in [0.717, 1.165) is 15.5 Å². The van der Waals surface area contributed by atoms with Gasteiger partial charge in [0.2, 0.25) is 0 Å². The molecule has 1 heterocycles. The van der Waals surface area contributed by atoms with Crippen molar-refractivity contribution in [1.29, 1.82) is 0 Å². The van der Waals surface area contributed by atoms with Crippen molar-refractivity contribution in [2.24, 2.45) is 0 Å². The molecule has 0 aliphatic carbocycles. The number of aryl methyl sites for hydroxylation is 1. The molecule has 2 rings (SSSR count). The quantitative estimate of drug-likeness (QED) is 0.901. The molecule has 0 fully saturated rings. The normalized spacial score (nSPS) is 10.2. The highest BCUT2D eigenvalue weighted by Gasteiger charge is 2.03. The predicted octanol–water partition coefficient (Wildman–Crippen LogP) is 3.24. The Kier molecular flexibility index (Phi) is 3.44. The van der Waals surface area contributed by atoms with Crippen LogP contribution in [-0.2, 0) is 0 Å². The van der Waals surface area contributed by atoms with Crippen LogP contribution in [0.25, 0.3) is 0 Å². The molecule has 0 saturated heterocycles. The Bertz CT molecular complexity index is 520. The number of aromatic nitrogens is 1. The molecule has 1 N–H and O–H groups in total. The summed E-state index contributed by atoms with van der Waals surface area (Å²) in [6.45, 7) is 1.99. The van der Waals surface area contributed by atoms with Gasteiger partial charge in [0.05, 0.1) is 5.56 Å². The third-order valence-corrected chi connectivity index (χ3v) is 3.17. The minimum Gasteiger partial charge on any atom is -0.478 e. The first-order valence-corrected chi connectivity index (χ1v) is 5.91. The molecule has 0 amide bonds. The van der Waals surface area contributed by atoms with E-state index in [1.807, 2.05) is 25.3 Å². The summed E-state index contributed by atoms with van der Waals surface area (Å²) in [5, 5.41) is 9.68. The third-order valence-electron chi connectivity index (χ3n) is 2.21. The van der Waals surface area contributed by atoms with Crippen LogP contribution >= 0.6 is 11.8 Å². The Morgan fingerprint density at radius 3 is 2.41 bits per heavy atom. The van der Waals surface area contributed by atoms with E-state index in [-0.39, 0.29) is 0 Å². The summed E-state index contributed by atoms with van der Waals surface area (Å²) in [6, 6.07) is 10.7. The summed E-state index contributed by atoms with van der Waals surface area (Å²) >= 11 is 1.51. The summed E-state index contributed by atoms with van der Waals surface area (Å²) in [5.74, 6) is -0.907. The van der Waals surface area contributed by atoms with Crippen LogP contribution in [0, 0.1) is 6.92 Å². The van der Waals surface area contributed by atoms with Crippen LogP contribution < -0.4 is 0 Å². The second kappa shape index (κ2) is 5.01. The maximum absolute atomic E-state index is 10.7. The van der Waals surface area contributed by atoms with Crippen LogP contribution in [0.4, 0.5) is 0 Å². The highest BCUT2D eigenvalue weighted by atomic mass is 32.2. The highest BCUT2D eigenvalue weighted by molar-refractivity contribution is 7.99.